The van der Waals surface area contributed by atoms with Crippen LogP contribution in [0, 0.1) is 0 Å². The molecule has 5 heteroatoms. The zero-order valence-corrected chi connectivity index (χ0v) is 8.59. The predicted molar refractivity (Wildman–Crippen MR) is 49.4 cm³/mol. The normalized spacial score (nSPS) is 9.64. The van der Waals surface area contributed by atoms with Gasteiger partial charge in [0.15, 0.2) is 6.29 Å². The van der Waals surface area contributed by atoms with Crippen LogP contribution in [0.15, 0.2) is 15.7 Å². The number of rotatable bonds is 2. The Bertz CT molecular complexity index is 306. The van der Waals surface area contributed by atoms with Gasteiger partial charge in [-0.15, -0.1) is 0 Å². The van der Waals surface area contributed by atoms with Crippen molar-refractivity contribution in [2.24, 2.45) is 0 Å². The molecule has 0 amide bonds. The van der Waals surface area contributed by atoms with Gasteiger partial charge in [0.2, 0.25) is 0 Å². The van der Waals surface area contributed by atoms with Crippen LogP contribution in [0.2, 0.25) is 0 Å². The first-order chi connectivity index (χ1) is 5.20. The summed E-state index contributed by atoms with van der Waals surface area (Å²) in [7, 11) is 0. The molecule has 0 aliphatic carbocycles. The molecule has 58 valence electrons. The van der Waals surface area contributed by atoms with Crippen LogP contribution in [0.5, 0.6) is 0 Å². The Balaban J connectivity index is 3.37. The Morgan fingerprint density at radius 3 is 2.55 bits per heavy atom. The Kier molecular flexibility index (Phi) is 2.62. The summed E-state index contributed by atoms with van der Waals surface area (Å²) in [6.07, 6.45) is 2.17. The number of nitrogens with zero attached hydrogens (tertiary/aromatic N) is 2. The maximum atomic E-state index is 10.5. The minimum Gasteiger partial charge on any atom is -0.296 e. The first-order valence-corrected chi connectivity index (χ1v) is 4.30. The second kappa shape index (κ2) is 3.32. The molecule has 0 spiro atoms. The largest absolute Gasteiger partial charge is 0.296 e. The smallest absolute Gasteiger partial charge is 0.169 e. The molecule has 1 heterocycles. The molecule has 0 aliphatic heterocycles. The molecule has 0 fully saturated rings. The third-order valence-electron chi connectivity index (χ3n) is 1.13. The van der Waals surface area contributed by atoms with Crippen molar-refractivity contribution in [1.82, 2.24) is 9.78 Å². The second-order valence-corrected chi connectivity index (χ2v) is 3.28. The highest BCUT2D eigenvalue weighted by atomic mass is 79.9. The average molecular weight is 280 g/mol. The minimum atomic E-state index is 0.451. The molecular weight excluding hydrogens is 276 g/mol. The summed E-state index contributed by atoms with van der Waals surface area (Å²) in [4.78, 5) is 10.5. The van der Waals surface area contributed by atoms with Crippen LogP contribution < -0.4 is 0 Å². The monoisotopic (exact) mass is 278 g/mol. The number of aldehydes is 1. The van der Waals surface area contributed by atoms with Crippen LogP contribution in [-0.4, -0.2) is 16.1 Å². The summed E-state index contributed by atoms with van der Waals surface area (Å²) in [5.74, 6) is 0. The molecule has 0 saturated heterocycles. The topological polar surface area (TPSA) is 34.9 Å². The van der Waals surface area contributed by atoms with Crippen molar-refractivity contribution in [3.05, 3.63) is 21.3 Å². The van der Waals surface area contributed by atoms with Gasteiger partial charge in [-0.05, 0) is 31.9 Å². The number of carbonyl (C=O) groups excluding carboxylic acids is 1. The highest BCUT2D eigenvalue weighted by Crippen LogP contribution is 2.24. The quantitative estimate of drug-likeness (QED) is 0.779. The molecule has 0 unspecified atom stereocenters. The maximum Gasteiger partial charge on any atom is 0.169 e. The summed E-state index contributed by atoms with van der Waals surface area (Å²) in [5, 5.41) is 3.94. The van der Waals surface area contributed by atoms with Crippen molar-refractivity contribution in [1.29, 1.82) is 0 Å². The van der Waals surface area contributed by atoms with Crippen LogP contribution in [0.4, 0.5) is 0 Å². The van der Waals surface area contributed by atoms with Crippen molar-refractivity contribution in [2.75, 3.05) is 0 Å². The fraction of sp³-hybridized carbons (Fsp3) is 0. The van der Waals surface area contributed by atoms with E-state index >= 15 is 0 Å². The van der Waals surface area contributed by atoms with Gasteiger partial charge in [-0.1, -0.05) is 6.58 Å². The molecule has 1 aromatic heterocycles. The molecule has 0 atom stereocenters. The van der Waals surface area contributed by atoms with E-state index < -0.39 is 0 Å². The molecule has 1 rings (SSSR count). The summed E-state index contributed by atoms with van der Waals surface area (Å²) >= 11 is 6.36. The first kappa shape index (κ1) is 8.67. The summed E-state index contributed by atoms with van der Waals surface area (Å²) in [5.41, 5.74) is 0.451. The maximum absolute atomic E-state index is 10.5. The predicted octanol–water partition coefficient (Wildman–Crippen LogP) is 2.32. The third kappa shape index (κ3) is 1.44. The first-order valence-electron chi connectivity index (χ1n) is 2.72. The average Bonchev–Trinajstić information content (AvgIpc) is 2.28. The van der Waals surface area contributed by atoms with E-state index in [9.17, 15) is 4.79 Å². The van der Waals surface area contributed by atoms with Gasteiger partial charge < -0.3 is 0 Å². The fourth-order valence-corrected chi connectivity index (χ4v) is 1.37. The van der Waals surface area contributed by atoms with Gasteiger partial charge >= 0.3 is 0 Å². The molecule has 0 aromatic carbocycles. The van der Waals surface area contributed by atoms with Crippen molar-refractivity contribution < 1.29 is 4.79 Å². The fourth-order valence-electron chi connectivity index (χ4n) is 0.644. The summed E-state index contributed by atoms with van der Waals surface area (Å²) in [6, 6.07) is 0. The van der Waals surface area contributed by atoms with E-state index in [4.69, 9.17) is 0 Å². The molecular formula is C6H4Br2N2O. The lowest BCUT2D eigenvalue weighted by molar-refractivity contribution is 0.111. The van der Waals surface area contributed by atoms with Gasteiger partial charge in [0.1, 0.15) is 10.3 Å². The Hall–Kier alpha value is -0.420. The van der Waals surface area contributed by atoms with Gasteiger partial charge in [-0.3, -0.25) is 4.79 Å². The Morgan fingerprint density at radius 2 is 2.18 bits per heavy atom. The van der Waals surface area contributed by atoms with E-state index in [1.165, 1.54) is 10.9 Å². The van der Waals surface area contributed by atoms with E-state index in [1.54, 1.807) is 0 Å². The number of hydrogen-bond donors (Lipinski definition) is 0. The van der Waals surface area contributed by atoms with Crippen LogP contribution in [0.1, 0.15) is 10.5 Å². The van der Waals surface area contributed by atoms with E-state index in [0.717, 1.165) is 0 Å². The van der Waals surface area contributed by atoms with E-state index in [0.29, 0.717) is 21.1 Å². The number of carbonyl (C=O) groups is 1. The van der Waals surface area contributed by atoms with Crippen LogP contribution in [-0.2, 0) is 0 Å². The highest BCUT2D eigenvalue weighted by Gasteiger charge is 2.10. The molecule has 0 saturated carbocycles. The van der Waals surface area contributed by atoms with E-state index in [2.05, 4.69) is 43.5 Å². The number of hydrogen-bond acceptors (Lipinski definition) is 2. The molecule has 0 aliphatic rings. The standard InChI is InChI=1S/C6H4Br2N2O/c1-2-10-4(3-11)5(7)6(8)9-10/h2-3H,1H2. The lowest BCUT2D eigenvalue weighted by Gasteiger charge is -1.90. The molecule has 0 radical (unpaired) electrons. The zero-order valence-electron chi connectivity index (χ0n) is 5.42. The summed E-state index contributed by atoms with van der Waals surface area (Å²) < 4.78 is 2.63. The van der Waals surface area contributed by atoms with Crippen LogP contribution in [0.3, 0.4) is 0 Å². The van der Waals surface area contributed by atoms with Crippen molar-refractivity contribution in [2.45, 2.75) is 0 Å². The Labute approximate surface area is 80.3 Å². The lowest BCUT2D eigenvalue weighted by Crippen LogP contribution is -1.93. The van der Waals surface area contributed by atoms with Gasteiger partial charge in [-0.25, -0.2) is 4.68 Å². The van der Waals surface area contributed by atoms with Crippen molar-refractivity contribution in [3.8, 4) is 0 Å². The van der Waals surface area contributed by atoms with Gasteiger partial charge in [0.05, 0.1) is 4.47 Å². The lowest BCUT2D eigenvalue weighted by atomic mass is 10.5. The molecule has 3 nitrogen and oxygen atoms in total. The molecule has 1 aromatic rings. The van der Waals surface area contributed by atoms with Gasteiger partial charge in [0.25, 0.3) is 0 Å². The van der Waals surface area contributed by atoms with E-state index in [1.807, 2.05) is 0 Å². The third-order valence-corrected chi connectivity index (χ3v) is 3.00. The van der Waals surface area contributed by atoms with Crippen molar-refractivity contribution in [3.63, 3.8) is 0 Å². The second-order valence-electron chi connectivity index (χ2n) is 1.74. The number of aromatic nitrogens is 2. The Morgan fingerprint density at radius 1 is 1.55 bits per heavy atom. The SMILES string of the molecule is C=Cn1nc(Br)c(Br)c1C=O. The van der Waals surface area contributed by atoms with Crippen molar-refractivity contribution >= 4 is 44.3 Å². The highest BCUT2D eigenvalue weighted by molar-refractivity contribution is 9.13. The molecule has 11 heavy (non-hydrogen) atoms. The zero-order chi connectivity index (χ0) is 8.43. The van der Waals surface area contributed by atoms with E-state index in [-0.39, 0.29) is 0 Å². The molecule has 0 N–H and O–H groups in total. The van der Waals surface area contributed by atoms with Crippen LogP contribution >= 0.6 is 31.9 Å². The summed E-state index contributed by atoms with van der Waals surface area (Å²) in [6.45, 7) is 3.49. The van der Waals surface area contributed by atoms with Crippen LogP contribution in [0.25, 0.3) is 6.20 Å². The van der Waals surface area contributed by atoms with Gasteiger partial charge in [-0.2, -0.15) is 5.10 Å². The molecule has 0 bridgehead atoms. The van der Waals surface area contributed by atoms with Gasteiger partial charge in [0, 0.05) is 6.20 Å². The number of halogens is 2. The minimum absolute atomic E-state index is 0.451.